The number of nitrogens with zero attached hydrogens (tertiary/aromatic N) is 2. The molecule has 6 heteroatoms. The second-order valence-electron chi connectivity index (χ2n) is 6.15. The van der Waals surface area contributed by atoms with E-state index in [0.717, 1.165) is 5.39 Å². The molecule has 6 nitrogen and oxygen atoms in total. The number of benzene rings is 1. The van der Waals surface area contributed by atoms with Crippen LogP contribution in [-0.2, 0) is 5.54 Å². The first-order valence-electron chi connectivity index (χ1n) is 7.47. The Morgan fingerprint density at radius 3 is 2.83 bits per heavy atom. The lowest BCUT2D eigenvalue weighted by atomic mass is 9.90. The highest BCUT2D eigenvalue weighted by atomic mass is 16.1. The van der Waals surface area contributed by atoms with Gasteiger partial charge >= 0.3 is 0 Å². The number of nitrogens with one attached hydrogen (secondary N) is 2. The summed E-state index contributed by atoms with van der Waals surface area (Å²) in [4.78, 5) is 19.7. The maximum Gasteiger partial charge on any atom is 0.255 e. The summed E-state index contributed by atoms with van der Waals surface area (Å²) < 4.78 is 0. The maximum atomic E-state index is 12.5. The summed E-state index contributed by atoms with van der Waals surface area (Å²) in [5.41, 5.74) is 8.29. The lowest BCUT2D eigenvalue weighted by Crippen LogP contribution is -2.30. The summed E-state index contributed by atoms with van der Waals surface area (Å²) in [6.07, 6.45) is 3.38. The molecule has 0 fully saturated rings. The lowest BCUT2D eigenvalue weighted by molar-refractivity contribution is 0.102. The minimum Gasteiger partial charge on any atom is -0.346 e. The molecule has 0 bridgehead atoms. The van der Waals surface area contributed by atoms with Crippen LogP contribution in [0.5, 0.6) is 0 Å². The summed E-state index contributed by atoms with van der Waals surface area (Å²) in [6.45, 7) is 3.64. The van der Waals surface area contributed by atoms with Crippen LogP contribution < -0.4 is 11.1 Å². The van der Waals surface area contributed by atoms with Gasteiger partial charge in [0.05, 0.1) is 17.3 Å². The molecule has 3 aromatic rings. The van der Waals surface area contributed by atoms with Crippen LogP contribution in [0.3, 0.4) is 0 Å². The molecular formula is C18H17N5O. The fraction of sp³-hybridized carbons (Fsp3) is 0.167. The number of aromatic amines is 1. The number of H-pyrrole nitrogens is 1. The zero-order chi connectivity index (χ0) is 17.3. The fourth-order valence-electron chi connectivity index (χ4n) is 2.60. The van der Waals surface area contributed by atoms with E-state index in [-0.39, 0.29) is 5.91 Å². The van der Waals surface area contributed by atoms with Crippen molar-refractivity contribution in [3.05, 3.63) is 59.4 Å². The number of carbonyl (C=O) groups is 1. The molecule has 4 N–H and O–H groups in total. The highest BCUT2D eigenvalue weighted by Gasteiger charge is 2.20. The molecule has 0 unspecified atom stereocenters. The van der Waals surface area contributed by atoms with Gasteiger partial charge in [-0.3, -0.25) is 4.79 Å². The van der Waals surface area contributed by atoms with E-state index in [9.17, 15) is 10.1 Å². The van der Waals surface area contributed by atoms with Gasteiger partial charge in [-0.2, -0.15) is 5.26 Å². The Morgan fingerprint density at radius 1 is 1.33 bits per heavy atom. The first-order valence-corrected chi connectivity index (χ1v) is 7.47. The number of fused-ring (bicyclic) bond motifs is 1. The third kappa shape index (κ3) is 2.85. The smallest absolute Gasteiger partial charge is 0.255 e. The molecule has 0 atom stereocenters. The van der Waals surface area contributed by atoms with Crippen molar-refractivity contribution in [1.29, 1.82) is 5.26 Å². The number of carbonyl (C=O) groups excluding carboxylic acids is 1. The van der Waals surface area contributed by atoms with E-state index in [1.165, 1.54) is 0 Å². The lowest BCUT2D eigenvalue weighted by Gasteiger charge is -2.21. The molecule has 0 aliphatic carbocycles. The molecule has 0 radical (unpaired) electrons. The number of nitrogens with two attached hydrogens (primary N) is 1. The second-order valence-corrected chi connectivity index (χ2v) is 6.15. The van der Waals surface area contributed by atoms with Crippen molar-refractivity contribution in [2.45, 2.75) is 19.4 Å². The molecule has 3 rings (SSSR count). The van der Waals surface area contributed by atoms with Gasteiger partial charge in [0.15, 0.2) is 0 Å². The molecular weight excluding hydrogens is 302 g/mol. The molecule has 0 saturated heterocycles. The number of aromatic nitrogens is 2. The van der Waals surface area contributed by atoms with Crippen molar-refractivity contribution in [2.75, 3.05) is 5.32 Å². The minimum absolute atomic E-state index is 0.290. The summed E-state index contributed by atoms with van der Waals surface area (Å²) in [5, 5.41) is 13.0. The quantitative estimate of drug-likeness (QED) is 0.689. The average Bonchev–Trinajstić information content (AvgIpc) is 3.03. The van der Waals surface area contributed by atoms with Crippen LogP contribution >= 0.6 is 0 Å². The van der Waals surface area contributed by atoms with Crippen molar-refractivity contribution < 1.29 is 4.79 Å². The van der Waals surface area contributed by atoms with Gasteiger partial charge in [0, 0.05) is 28.9 Å². The fourth-order valence-corrected chi connectivity index (χ4v) is 2.60. The van der Waals surface area contributed by atoms with Crippen molar-refractivity contribution in [3.8, 4) is 6.07 Å². The summed E-state index contributed by atoms with van der Waals surface area (Å²) in [7, 11) is 0. The van der Waals surface area contributed by atoms with E-state index < -0.39 is 5.54 Å². The van der Waals surface area contributed by atoms with Gasteiger partial charge in [0.2, 0.25) is 0 Å². The third-order valence-electron chi connectivity index (χ3n) is 3.80. The molecule has 0 saturated carbocycles. The predicted octanol–water partition coefficient (Wildman–Crippen LogP) is 2.88. The molecule has 2 heterocycles. The topological polar surface area (TPSA) is 108 Å². The summed E-state index contributed by atoms with van der Waals surface area (Å²) in [5.74, 6) is -0.290. The Labute approximate surface area is 139 Å². The van der Waals surface area contributed by atoms with Crippen molar-refractivity contribution in [3.63, 3.8) is 0 Å². The number of anilines is 1. The van der Waals surface area contributed by atoms with E-state index in [0.29, 0.717) is 28.0 Å². The van der Waals surface area contributed by atoms with Crippen molar-refractivity contribution in [1.82, 2.24) is 9.97 Å². The van der Waals surface area contributed by atoms with Gasteiger partial charge in [-0.05, 0) is 43.7 Å². The Kier molecular flexibility index (Phi) is 3.80. The van der Waals surface area contributed by atoms with Crippen LogP contribution in [0.25, 0.3) is 11.0 Å². The molecule has 0 spiro atoms. The normalized spacial score (nSPS) is 11.2. The van der Waals surface area contributed by atoms with Gasteiger partial charge in [0.25, 0.3) is 5.91 Å². The number of hydrogen-bond acceptors (Lipinski definition) is 4. The first-order chi connectivity index (χ1) is 11.4. The van der Waals surface area contributed by atoms with E-state index >= 15 is 0 Å². The van der Waals surface area contributed by atoms with E-state index in [4.69, 9.17) is 5.73 Å². The average molecular weight is 319 g/mol. The van der Waals surface area contributed by atoms with Gasteiger partial charge in [-0.15, -0.1) is 0 Å². The maximum absolute atomic E-state index is 12.5. The van der Waals surface area contributed by atoms with E-state index in [1.54, 1.807) is 36.7 Å². The summed E-state index contributed by atoms with van der Waals surface area (Å²) >= 11 is 0. The molecule has 24 heavy (non-hydrogen) atoms. The third-order valence-corrected chi connectivity index (χ3v) is 3.80. The van der Waals surface area contributed by atoms with Gasteiger partial charge in [-0.1, -0.05) is 6.07 Å². The number of hydrogen-bond donors (Lipinski definition) is 3. The number of amides is 1. The van der Waals surface area contributed by atoms with Gasteiger partial charge in [0.1, 0.15) is 5.65 Å². The van der Waals surface area contributed by atoms with Crippen LogP contribution in [0.4, 0.5) is 5.69 Å². The van der Waals surface area contributed by atoms with Crippen LogP contribution in [0.1, 0.15) is 35.3 Å². The number of nitriles is 1. The van der Waals surface area contributed by atoms with E-state index in [2.05, 4.69) is 21.4 Å². The number of rotatable bonds is 3. The van der Waals surface area contributed by atoms with Gasteiger partial charge < -0.3 is 16.0 Å². The molecule has 0 aliphatic rings. The molecule has 120 valence electrons. The van der Waals surface area contributed by atoms with Gasteiger partial charge in [-0.25, -0.2) is 4.98 Å². The van der Waals surface area contributed by atoms with Crippen LogP contribution in [0.15, 0.2) is 42.7 Å². The summed E-state index contributed by atoms with van der Waals surface area (Å²) in [6, 6.07) is 10.7. The zero-order valence-corrected chi connectivity index (χ0v) is 13.4. The van der Waals surface area contributed by atoms with E-state index in [1.807, 2.05) is 19.9 Å². The largest absolute Gasteiger partial charge is 0.346 e. The van der Waals surface area contributed by atoms with Crippen molar-refractivity contribution in [2.24, 2.45) is 5.73 Å². The SMILES string of the molecule is CC(C)(N)c1ccc(C(=O)Nc2ccnc3[nH]ccc23)cc1C#N. The Morgan fingerprint density at radius 2 is 2.12 bits per heavy atom. The van der Waals surface area contributed by atoms with Crippen LogP contribution in [0.2, 0.25) is 0 Å². The van der Waals surface area contributed by atoms with Crippen LogP contribution in [-0.4, -0.2) is 15.9 Å². The number of pyridine rings is 1. The van der Waals surface area contributed by atoms with Crippen molar-refractivity contribution >= 4 is 22.6 Å². The monoisotopic (exact) mass is 319 g/mol. The highest BCUT2D eigenvalue weighted by molar-refractivity contribution is 6.08. The first kappa shape index (κ1) is 15.7. The Hall–Kier alpha value is -3.17. The standard InChI is InChI=1S/C18H17N5O/c1-18(2,20)14-4-3-11(9-12(14)10-19)17(24)23-15-6-8-22-16-13(15)5-7-21-16/h3-9H,20H2,1-2H3,(H2,21,22,23,24). The highest BCUT2D eigenvalue weighted by Crippen LogP contribution is 2.24. The zero-order valence-electron chi connectivity index (χ0n) is 13.4. The Balaban J connectivity index is 1.94. The molecule has 1 amide bonds. The molecule has 0 aliphatic heterocycles. The van der Waals surface area contributed by atoms with Crippen LogP contribution in [0, 0.1) is 11.3 Å². The Bertz CT molecular complexity index is 959. The predicted molar refractivity (Wildman–Crippen MR) is 92.4 cm³/mol. The minimum atomic E-state index is -0.650. The second kappa shape index (κ2) is 5.80. The molecule has 2 aromatic heterocycles. The molecule has 1 aromatic carbocycles.